The summed E-state index contributed by atoms with van der Waals surface area (Å²) in [5.74, 6) is 0.433. The number of ether oxygens (including phenoxy) is 4. The van der Waals surface area contributed by atoms with Crippen LogP contribution >= 0.6 is 0 Å². The number of esters is 2. The number of carbonyl (C=O) groups is 2. The van der Waals surface area contributed by atoms with E-state index >= 15 is 0 Å². The van der Waals surface area contributed by atoms with E-state index in [-0.39, 0.29) is 36.5 Å². The van der Waals surface area contributed by atoms with E-state index in [0.717, 1.165) is 6.42 Å². The average molecular weight is 463 g/mol. The number of carbonyl (C=O) groups excluding carboxylic acids is 2. The Bertz CT molecular complexity index is 1070. The second-order valence-electron chi connectivity index (χ2n) is 8.35. The number of benzene rings is 3. The van der Waals surface area contributed by atoms with Gasteiger partial charge in [-0.2, -0.15) is 0 Å². The summed E-state index contributed by atoms with van der Waals surface area (Å²) in [5, 5.41) is 0. The lowest BCUT2D eigenvalue weighted by Crippen LogP contribution is -2.18. The molecule has 0 heterocycles. The topological polar surface area (TPSA) is 71.1 Å². The second-order valence-corrected chi connectivity index (χ2v) is 8.35. The van der Waals surface area contributed by atoms with Gasteiger partial charge in [-0.25, -0.2) is 9.59 Å². The van der Waals surface area contributed by atoms with Crippen LogP contribution in [0.25, 0.3) is 0 Å². The summed E-state index contributed by atoms with van der Waals surface area (Å²) in [6.07, 6.45) is 1.02. The van der Waals surface area contributed by atoms with E-state index in [1.807, 2.05) is 54.6 Å². The van der Waals surface area contributed by atoms with Gasteiger partial charge in [0, 0.05) is 0 Å². The van der Waals surface area contributed by atoms with Crippen molar-refractivity contribution in [2.24, 2.45) is 0 Å². The van der Waals surface area contributed by atoms with E-state index in [1.165, 1.54) is 11.6 Å². The maximum atomic E-state index is 12.3. The van der Waals surface area contributed by atoms with Crippen LogP contribution in [0.3, 0.4) is 0 Å². The van der Waals surface area contributed by atoms with Gasteiger partial charge in [0.15, 0.2) is 6.61 Å². The molecule has 0 aromatic heterocycles. The smallest absolute Gasteiger partial charge is 0.349 e. The molecule has 0 N–H and O–H groups in total. The lowest BCUT2D eigenvalue weighted by atomic mass is 9.82. The van der Waals surface area contributed by atoms with Gasteiger partial charge in [0.1, 0.15) is 30.5 Å². The molecule has 3 aromatic rings. The summed E-state index contributed by atoms with van der Waals surface area (Å²) in [5.41, 5.74) is 1.57. The minimum absolute atomic E-state index is 0.0819. The molecule has 0 spiro atoms. The molecule has 0 radical (unpaired) electrons. The largest absolute Gasteiger partial charge is 0.490 e. The Balaban J connectivity index is 1.44. The van der Waals surface area contributed by atoms with Crippen molar-refractivity contribution >= 4 is 11.9 Å². The molecule has 0 fully saturated rings. The van der Waals surface area contributed by atoms with Crippen molar-refractivity contribution in [3.63, 3.8) is 0 Å². The van der Waals surface area contributed by atoms with Crippen molar-refractivity contribution in [3.05, 3.63) is 90.0 Å². The van der Waals surface area contributed by atoms with Crippen LogP contribution in [0.5, 0.6) is 17.2 Å². The number of hydrogen-bond donors (Lipinski definition) is 0. The molecule has 3 rings (SSSR count). The highest BCUT2D eigenvalue weighted by Crippen LogP contribution is 2.28. The van der Waals surface area contributed by atoms with Gasteiger partial charge in [-0.1, -0.05) is 57.2 Å². The summed E-state index contributed by atoms with van der Waals surface area (Å²) >= 11 is 0. The molecule has 34 heavy (non-hydrogen) atoms. The van der Waals surface area contributed by atoms with Gasteiger partial charge < -0.3 is 18.9 Å². The Kier molecular flexibility index (Phi) is 8.68. The van der Waals surface area contributed by atoms with E-state index in [9.17, 15) is 9.59 Å². The maximum Gasteiger partial charge on any atom is 0.349 e. The molecule has 0 aliphatic rings. The van der Waals surface area contributed by atoms with Gasteiger partial charge in [-0.05, 0) is 59.9 Å². The maximum absolute atomic E-state index is 12.3. The average Bonchev–Trinajstić information content (AvgIpc) is 2.86. The normalized spacial score (nSPS) is 10.9. The Morgan fingerprint density at radius 3 is 2.15 bits per heavy atom. The fourth-order valence-electron chi connectivity index (χ4n) is 3.09. The second kappa shape index (κ2) is 11.9. The van der Waals surface area contributed by atoms with E-state index < -0.39 is 11.9 Å². The zero-order chi connectivity index (χ0) is 24.4. The van der Waals surface area contributed by atoms with E-state index in [0.29, 0.717) is 11.5 Å². The first-order chi connectivity index (χ1) is 16.4. The summed E-state index contributed by atoms with van der Waals surface area (Å²) in [7, 11) is 0. The lowest BCUT2D eigenvalue weighted by molar-refractivity contribution is -0.136. The zero-order valence-electron chi connectivity index (χ0n) is 19.8. The molecule has 3 aromatic carbocycles. The molecule has 0 saturated heterocycles. The minimum Gasteiger partial charge on any atom is -0.490 e. The molecule has 0 bridgehead atoms. The van der Waals surface area contributed by atoms with Crippen LogP contribution in [0.15, 0.2) is 78.9 Å². The first-order valence-corrected chi connectivity index (χ1v) is 11.3. The molecule has 0 saturated carbocycles. The highest BCUT2D eigenvalue weighted by atomic mass is 16.6. The van der Waals surface area contributed by atoms with Crippen LogP contribution in [0.1, 0.15) is 43.1 Å². The summed E-state index contributed by atoms with van der Waals surface area (Å²) < 4.78 is 21.6. The van der Waals surface area contributed by atoms with Crippen LogP contribution in [-0.2, 0) is 14.9 Å². The molecular formula is C28H30O6. The molecule has 6 heteroatoms. The number of para-hydroxylation sites is 1. The third-order valence-electron chi connectivity index (χ3n) is 5.51. The van der Waals surface area contributed by atoms with Gasteiger partial charge in [0.2, 0.25) is 0 Å². The van der Waals surface area contributed by atoms with Crippen LogP contribution < -0.4 is 14.2 Å². The van der Waals surface area contributed by atoms with Crippen molar-refractivity contribution in [2.75, 3.05) is 19.8 Å². The van der Waals surface area contributed by atoms with Gasteiger partial charge >= 0.3 is 11.9 Å². The zero-order valence-corrected chi connectivity index (χ0v) is 19.8. The Morgan fingerprint density at radius 1 is 0.765 bits per heavy atom. The van der Waals surface area contributed by atoms with Gasteiger partial charge in [-0.15, -0.1) is 0 Å². The van der Waals surface area contributed by atoms with Crippen LogP contribution in [0, 0.1) is 0 Å². The molecule has 0 aliphatic carbocycles. The molecular weight excluding hydrogens is 432 g/mol. The summed E-state index contributed by atoms with van der Waals surface area (Å²) in [6.45, 7) is 6.60. The highest BCUT2D eigenvalue weighted by Gasteiger charge is 2.18. The summed E-state index contributed by atoms with van der Waals surface area (Å²) in [6, 6.07) is 23.2. The van der Waals surface area contributed by atoms with E-state index in [4.69, 9.17) is 18.9 Å². The molecule has 0 atom stereocenters. The Labute approximate surface area is 200 Å². The molecule has 178 valence electrons. The Morgan fingerprint density at radius 2 is 1.44 bits per heavy atom. The first-order valence-electron chi connectivity index (χ1n) is 11.3. The van der Waals surface area contributed by atoms with Crippen molar-refractivity contribution in [2.45, 2.75) is 32.6 Å². The highest BCUT2D eigenvalue weighted by molar-refractivity contribution is 5.90. The first kappa shape index (κ1) is 24.8. The van der Waals surface area contributed by atoms with Gasteiger partial charge in [0.05, 0.1) is 5.56 Å². The third kappa shape index (κ3) is 7.37. The monoisotopic (exact) mass is 462 g/mol. The van der Waals surface area contributed by atoms with E-state index in [1.54, 1.807) is 18.2 Å². The SMILES string of the molecule is CCC(C)(C)c1ccc(OCC(=O)Oc2cccc(C(=O)OCCOc3ccccc3)c2)cc1. The van der Waals surface area contributed by atoms with Crippen molar-refractivity contribution in [1.82, 2.24) is 0 Å². The van der Waals surface area contributed by atoms with Gasteiger partial charge in [-0.3, -0.25) is 0 Å². The lowest BCUT2D eigenvalue weighted by Gasteiger charge is -2.23. The van der Waals surface area contributed by atoms with Crippen molar-refractivity contribution in [3.8, 4) is 17.2 Å². The number of rotatable bonds is 11. The minimum atomic E-state index is -0.570. The molecule has 0 amide bonds. The fourth-order valence-corrected chi connectivity index (χ4v) is 3.09. The standard InChI is InChI=1S/C28H30O6/c1-4-28(2,3)22-13-15-24(16-14-22)33-20-26(29)34-25-12-8-9-21(19-25)27(30)32-18-17-31-23-10-6-5-7-11-23/h5-16,19H,4,17-18,20H2,1-3H3. The fraction of sp³-hybridized carbons (Fsp3) is 0.286. The number of hydrogen-bond acceptors (Lipinski definition) is 6. The molecule has 0 aliphatic heterocycles. The predicted octanol–water partition coefficient (Wildman–Crippen LogP) is 5.59. The van der Waals surface area contributed by atoms with Crippen molar-refractivity contribution in [1.29, 1.82) is 0 Å². The van der Waals surface area contributed by atoms with Crippen LogP contribution in [0.4, 0.5) is 0 Å². The predicted molar refractivity (Wildman–Crippen MR) is 130 cm³/mol. The molecule has 6 nitrogen and oxygen atoms in total. The summed E-state index contributed by atoms with van der Waals surface area (Å²) in [4.78, 5) is 24.5. The van der Waals surface area contributed by atoms with Crippen LogP contribution in [-0.4, -0.2) is 31.8 Å². The van der Waals surface area contributed by atoms with Gasteiger partial charge in [0.25, 0.3) is 0 Å². The Hall–Kier alpha value is -3.80. The van der Waals surface area contributed by atoms with Crippen LogP contribution in [0.2, 0.25) is 0 Å². The third-order valence-corrected chi connectivity index (χ3v) is 5.51. The van der Waals surface area contributed by atoms with Crippen molar-refractivity contribution < 1.29 is 28.5 Å². The molecule has 0 unspecified atom stereocenters. The quantitative estimate of drug-likeness (QED) is 0.210. The van der Waals surface area contributed by atoms with E-state index in [2.05, 4.69) is 20.8 Å².